The van der Waals surface area contributed by atoms with Gasteiger partial charge in [-0.25, -0.2) is 13.1 Å². The molecule has 1 aliphatic rings. The monoisotopic (exact) mass is 513 g/mol. The van der Waals surface area contributed by atoms with Gasteiger partial charge in [-0.2, -0.15) is 5.26 Å². The zero-order chi connectivity index (χ0) is 26.4. The van der Waals surface area contributed by atoms with Gasteiger partial charge in [0, 0.05) is 38.0 Å². The molecule has 1 saturated heterocycles. The van der Waals surface area contributed by atoms with E-state index in [9.17, 15) is 13.7 Å². The predicted octanol–water partition coefficient (Wildman–Crippen LogP) is 5.22. The highest BCUT2D eigenvalue weighted by molar-refractivity contribution is 7.93. The van der Waals surface area contributed by atoms with E-state index in [2.05, 4.69) is 27.8 Å². The van der Waals surface area contributed by atoms with Gasteiger partial charge in [-0.1, -0.05) is 18.2 Å². The standard InChI is InChI=1S/C28H39N3O4S/c1-27(2,13-16-35-28(3,4)21-34-5)30-36(32,33)26(20-29)18-22-9-10-24-19-25(12-11-23(24)17-22)31-14-7-6-8-15-31/h9-12,17-19,30H,6-8,13-16,21H2,1-5H3/b26-18+. The van der Waals surface area contributed by atoms with Gasteiger partial charge in [-0.3, -0.25) is 0 Å². The van der Waals surface area contributed by atoms with Gasteiger partial charge in [0.15, 0.2) is 4.91 Å². The fraction of sp³-hybridized carbons (Fsp3) is 0.536. The number of allylic oxidation sites excluding steroid dienone is 1. The van der Waals surface area contributed by atoms with Crippen LogP contribution in [0.3, 0.4) is 0 Å². The first-order valence-corrected chi connectivity index (χ1v) is 14.0. The Morgan fingerprint density at radius 2 is 1.75 bits per heavy atom. The molecule has 7 nitrogen and oxygen atoms in total. The Bertz CT molecular complexity index is 1220. The van der Waals surface area contributed by atoms with E-state index < -0.39 is 21.2 Å². The Morgan fingerprint density at radius 3 is 2.42 bits per heavy atom. The molecule has 1 aliphatic heterocycles. The van der Waals surface area contributed by atoms with Gasteiger partial charge in [-0.15, -0.1) is 0 Å². The number of hydrogen-bond acceptors (Lipinski definition) is 6. The van der Waals surface area contributed by atoms with Crippen LogP contribution >= 0.6 is 0 Å². The van der Waals surface area contributed by atoms with E-state index in [1.807, 2.05) is 38.1 Å². The zero-order valence-electron chi connectivity index (χ0n) is 22.1. The molecule has 36 heavy (non-hydrogen) atoms. The average Bonchev–Trinajstić information content (AvgIpc) is 2.81. The maximum Gasteiger partial charge on any atom is 0.251 e. The van der Waals surface area contributed by atoms with Gasteiger partial charge < -0.3 is 14.4 Å². The van der Waals surface area contributed by atoms with Crippen molar-refractivity contribution in [3.63, 3.8) is 0 Å². The minimum Gasteiger partial charge on any atom is -0.382 e. The van der Waals surface area contributed by atoms with Crippen LogP contribution in [-0.2, 0) is 19.5 Å². The second-order valence-corrected chi connectivity index (χ2v) is 12.4. The maximum atomic E-state index is 13.1. The second kappa shape index (κ2) is 11.7. The summed E-state index contributed by atoms with van der Waals surface area (Å²) in [5, 5.41) is 11.8. The van der Waals surface area contributed by atoms with Crippen LogP contribution in [-0.4, -0.2) is 53.0 Å². The number of hydrogen-bond donors (Lipinski definition) is 1. The summed E-state index contributed by atoms with van der Waals surface area (Å²) < 4.78 is 39.8. The van der Waals surface area contributed by atoms with E-state index >= 15 is 0 Å². The van der Waals surface area contributed by atoms with Gasteiger partial charge in [0.25, 0.3) is 10.0 Å². The number of ether oxygens (including phenoxy) is 2. The molecule has 0 spiro atoms. The summed E-state index contributed by atoms with van der Waals surface area (Å²) in [7, 11) is -2.40. The van der Waals surface area contributed by atoms with Gasteiger partial charge >= 0.3 is 0 Å². The minimum atomic E-state index is -4.02. The highest BCUT2D eigenvalue weighted by atomic mass is 32.2. The molecular formula is C28H39N3O4S. The van der Waals surface area contributed by atoms with Crippen molar-refractivity contribution in [2.45, 2.75) is 64.5 Å². The summed E-state index contributed by atoms with van der Waals surface area (Å²) in [6, 6.07) is 14.0. The normalized spacial score (nSPS) is 15.8. The fourth-order valence-electron chi connectivity index (χ4n) is 4.45. The number of nitriles is 1. The Morgan fingerprint density at radius 1 is 1.08 bits per heavy atom. The second-order valence-electron chi connectivity index (χ2n) is 10.7. The quantitative estimate of drug-likeness (QED) is 0.414. The molecule has 196 valence electrons. The molecule has 0 radical (unpaired) electrons. The largest absolute Gasteiger partial charge is 0.382 e. The van der Waals surface area contributed by atoms with E-state index in [-0.39, 0.29) is 4.91 Å². The van der Waals surface area contributed by atoms with E-state index in [1.165, 1.54) is 31.0 Å². The average molecular weight is 514 g/mol. The maximum absolute atomic E-state index is 13.1. The number of anilines is 1. The van der Waals surface area contributed by atoms with Crippen LogP contribution in [0.5, 0.6) is 0 Å². The predicted molar refractivity (Wildman–Crippen MR) is 146 cm³/mol. The highest BCUT2D eigenvalue weighted by Gasteiger charge is 2.29. The van der Waals surface area contributed by atoms with Crippen LogP contribution in [0.2, 0.25) is 0 Å². The summed E-state index contributed by atoms with van der Waals surface area (Å²) >= 11 is 0. The van der Waals surface area contributed by atoms with Crippen molar-refractivity contribution in [3.05, 3.63) is 46.9 Å². The zero-order valence-corrected chi connectivity index (χ0v) is 23.0. The molecule has 0 bridgehead atoms. The summed E-state index contributed by atoms with van der Waals surface area (Å²) in [5.74, 6) is 0. The van der Waals surface area contributed by atoms with Crippen LogP contribution in [0, 0.1) is 11.3 Å². The molecule has 2 aromatic rings. The lowest BCUT2D eigenvalue weighted by Crippen LogP contribution is -2.45. The number of benzene rings is 2. The molecule has 2 aromatic carbocycles. The molecular weight excluding hydrogens is 474 g/mol. The topological polar surface area (TPSA) is 91.7 Å². The Kier molecular flexibility index (Phi) is 9.18. The number of piperidine rings is 1. The van der Waals surface area contributed by atoms with Crippen LogP contribution in [0.4, 0.5) is 5.69 Å². The molecule has 8 heteroatoms. The summed E-state index contributed by atoms with van der Waals surface area (Å²) in [6.07, 6.45) is 5.59. The molecule has 0 saturated carbocycles. The van der Waals surface area contributed by atoms with Gasteiger partial charge in [-0.05, 0) is 94.0 Å². The van der Waals surface area contributed by atoms with E-state index in [4.69, 9.17) is 9.47 Å². The number of sulfonamides is 1. The third-order valence-corrected chi connectivity index (χ3v) is 8.00. The minimum absolute atomic E-state index is 0.319. The molecule has 0 atom stereocenters. The Balaban J connectivity index is 1.73. The van der Waals surface area contributed by atoms with Crippen LogP contribution in [0.25, 0.3) is 16.8 Å². The van der Waals surface area contributed by atoms with Crippen molar-refractivity contribution in [1.29, 1.82) is 5.26 Å². The molecule has 1 heterocycles. The third kappa shape index (κ3) is 7.78. The lowest BCUT2D eigenvalue weighted by Gasteiger charge is -2.29. The lowest BCUT2D eigenvalue weighted by molar-refractivity contribution is -0.0686. The Hall–Kier alpha value is -2.44. The molecule has 1 fully saturated rings. The molecule has 0 aromatic heterocycles. The third-order valence-electron chi connectivity index (χ3n) is 6.39. The first-order valence-electron chi connectivity index (χ1n) is 12.5. The smallest absolute Gasteiger partial charge is 0.251 e. The SMILES string of the molecule is COCC(C)(C)OCCC(C)(C)NS(=O)(=O)/C(C#N)=C/c1ccc2cc(N3CCCCC3)ccc2c1. The van der Waals surface area contributed by atoms with Gasteiger partial charge in [0.1, 0.15) is 6.07 Å². The van der Waals surface area contributed by atoms with Crippen molar-refractivity contribution < 1.29 is 17.9 Å². The summed E-state index contributed by atoms with van der Waals surface area (Å²) in [5.41, 5.74) is 0.613. The van der Waals surface area contributed by atoms with Crippen LogP contribution in [0.15, 0.2) is 41.3 Å². The van der Waals surface area contributed by atoms with Crippen molar-refractivity contribution >= 4 is 32.6 Å². The summed E-state index contributed by atoms with van der Waals surface area (Å²) in [6.45, 7) is 10.3. The number of rotatable bonds is 11. The number of fused-ring (bicyclic) bond motifs is 1. The van der Waals surface area contributed by atoms with Crippen molar-refractivity contribution in [2.75, 3.05) is 38.3 Å². The van der Waals surface area contributed by atoms with Crippen molar-refractivity contribution in [3.8, 4) is 6.07 Å². The van der Waals surface area contributed by atoms with Crippen LogP contribution < -0.4 is 9.62 Å². The molecule has 3 rings (SSSR count). The number of nitrogens with zero attached hydrogens (tertiary/aromatic N) is 2. The fourth-order valence-corrected chi connectivity index (χ4v) is 5.80. The molecule has 1 N–H and O–H groups in total. The summed E-state index contributed by atoms with van der Waals surface area (Å²) in [4.78, 5) is 2.09. The van der Waals surface area contributed by atoms with Gasteiger partial charge in [0.05, 0.1) is 12.2 Å². The van der Waals surface area contributed by atoms with E-state index in [0.717, 1.165) is 23.9 Å². The lowest BCUT2D eigenvalue weighted by atomic mass is 10.0. The number of nitrogens with one attached hydrogen (secondary N) is 1. The Labute approximate surface area is 216 Å². The molecule has 0 unspecified atom stereocenters. The van der Waals surface area contributed by atoms with Crippen LogP contribution in [0.1, 0.15) is 58.9 Å². The van der Waals surface area contributed by atoms with Crippen molar-refractivity contribution in [2.24, 2.45) is 0 Å². The first kappa shape index (κ1) is 28.1. The molecule has 0 aliphatic carbocycles. The van der Waals surface area contributed by atoms with E-state index in [0.29, 0.717) is 25.2 Å². The number of methoxy groups -OCH3 is 1. The van der Waals surface area contributed by atoms with E-state index in [1.54, 1.807) is 21.0 Å². The van der Waals surface area contributed by atoms with Gasteiger partial charge in [0.2, 0.25) is 0 Å². The molecule has 0 amide bonds. The van der Waals surface area contributed by atoms with Crippen molar-refractivity contribution in [1.82, 2.24) is 4.72 Å². The first-order chi connectivity index (χ1) is 16.9. The highest BCUT2D eigenvalue weighted by Crippen LogP contribution is 2.27.